The monoisotopic (exact) mass is 379 g/mol. The van der Waals surface area contributed by atoms with E-state index < -0.39 is 0 Å². The van der Waals surface area contributed by atoms with Gasteiger partial charge in [-0.25, -0.2) is 4.98 Å². The van der Waals surface area contributed by atoms with Crippen LogP contribution in [0.15, 0.2) is 34.1 Å². The molecule has 1 aromatic carbocycles. The summed E-state index contributed by atoms with van der Waals surface area (Å²) in [5, 5.41) is 5.76. The van der Waals surface area contributed by atoms with Crippen LogP contribution in [0.1, 0.15) is 33.9 Å². The van der Waals surface area contributed by atoms with Gasteiger partial charge in [-0.05, 0) is 37.1 Å². The third-order valence-electron chi connectivity index (χ3n) is 4.02. The SMILES string of the molecule is NCCc1nc(C(=O)NCC2(c3cccc(Br)c3)CC2)cs1. The summed E-state index contributed by atoms with van der Waals surface area (Å²) in [4.78, 5) is 16.6. The number of nitrogens with two attached hydrogens (primary N) is 1. The lowest BCUT2D eigenvalue weighted by Crippen LogP contribution is -2.32. The Morgan fingerprint density at radius 3 is 2.95 bits per heavy atom. The van der Waals surface area contributed by atoms with Crippen LogP contribution in [0.3, 0.4) is 0 Å². The lowest BCUT2D eigenvalue weighted by atomic mass is 9.96. The van der Waals surface area contributed by atoms with Gasteiger partial charge < -0.3 is 11.1 Å². The smallest absolute Gasteiger partial charge is 0.270 e. The zero-order chi connectivity index (χ0) is 15.6. The lowest BCUT2D eigenvalue weighted by Gasteiger charge is -2.16. The minimum Gasteiger partial charge on any atom is -0.350 e. The van der Waals surface area contributed by atoms with Crippen molar-refractivity contribution in [3.8, 4) is 0 Å². The van der Waals surface area contributed by atoms with Crippen molar-refractivity contribution in [1.82, 2.24) is 10.3 Å². The van der Waals surface area contributed by atoms with Crippen LogP contribution in [-0.4, -0.2) is 24.0 Å². The van der Waals surface area contributed by atoms with E-state index in [-0.39, 0.29) is 11.3 Å². The number of hydrogen-bond donors (Lipinski definition) is 2. The molecule has 0 bridgehead atoms. The highest BCUT2D eigenvalue weighted by Crippen LogP contribution is 2.48. The van der Waals surface area contributed by atoms with Gasteiger partial charge in [-0.3, -0.25) is 4.79 Å². The van der Waals surface area contributed by atoms with E-state index in [4.69, 9.17) is 5.73 Å². The molecule has 0 spiro atoms. The van der Waals surface area contributed by atoms with Crippen LogP contribution in [0.4, 0.5) is 0 Å². The molecule has 116 valence electrons. The van der Waals surface area contributed by atoms with Crippen molar-refractivity contribution in [2.24, 2.45) is 5.73 Å². The summed E-state index contributed by atoms with van der Waals surface area (Å²) in [5.41, 5.74) is 7.38. The molecular formula is C16H18BrN3OS. The van der Waals surface area contributed by atoms with Crippen LogP contribution < -0.4 is 11.1 Å². The Morgan fingerprint density at radius 2 is 2.27 bits per heavy atom. The number of benzene rings is 1. The topological polar surface area (TPSA) is 68.0 Å². The largest absolute Gasteiger partial charge is 0.350 e. The molecule has 3 N–H and O–H groups in total. The van der Waals surface area contributed by atoms with E-state index >= 15 is 0 Å². The molecule has 2 aromatic rings. The van der Waals surface area contributed by atoms with Crippen molar-refractivity contribution in [3.05, 3.63) is 50.4 Å². The summed E-state index contributed by atoms with van der Waals surface area (Å²) < 4.78 is 1.08. The van der Waals surface area contributed by atoms with Gasteiger partial charge in [0.2, 0.25) is 0 Å². The summed E-state index contributed by atoms with van der Waals surface area (Å²) in [6.07, 6.45) is 2.94. The number of aromatic nitrogens is 1. The van der Waals surface area contributed by atoms with E-state index in [0.29, 0.717) is 18.8 Å². The van der Waals surface area contributed by atoms with Gasteiger partial charge in [-0.1, -0.05) is 28.1 Å². The molecule has 0 atom stereocenters. The number of nitrogens with zero attached hydrogens (tertiary/aromatic N) is 1. The molecule has 1 aromatic heterocycles. The molecule has 0 aliphatic heterocycles. The van der Waals surface area contributed by atoms with Gasteiger partial charge in [-0.2, -0.15) is 0 Å². The van der Waals surface area contributed by atoms with Crippen LogP contribution in [0.2, 0.25) is 0 Å². The zero-order valence-electron chi connectivity index (χ0n) is 12.1. The van der Waals surface area contributed by atoms with Gasteiger partial charge in [0.1, 0.15) is 5.69 Å². The molecule has 6 heteroatoms. The fourth-order valence-electron chi connectivity index (χ4n) is 2.53. The molecule has 1 fully saturated rings. The predicted molar refractivity (Wildman–Crippen MR) is 92.3 cm³/mol. The Kier molecular flexibility index (Phi) is 4.61. The molecule has 1 heterocycles. The zero-order valence-corrected chi connectivity index (χ0v) is 14.5. The highest BCUT2D eigenvalue weighted by atomic mass is 79.9. The first-order valence-corrected chi connectivity index (χ1v) is 8.99. The van der Waals surface area contributed by atoms with Crippen LogP contribution in [-0.2, 0) is 11.8 Å². The van der Waals surface area contributed by atoms with Gasteiger partial charge >= 0.3 is 0 Å². The average molecular weight is 380 g/mol. The highest BCUT2D eigenvalue weighted by Gasteiger charge is 2.44. The van der Waals surface area contributed by atoms with Gasteiger partial charge in [0.25, 0.3) is 5.91 Å². The summed E-state index contributed by atoms with van der Waals surface area (Å²) in [6.45, 7) is 1.21. The number of amides is 1. The Labute approximate surface area is 142 Å². The molecule has 0 radical (unpaired) electrons. The van der Waals surface area contributed by atoms with E-state index in [1.54, 1.807) is 5.38 Å². The number of halogens is 1. The summed E-state index contributed by atoms with van der Waals surface area (Å²) in [5.74, 6) is -0.0965. The highest BCUT2D eigenvalue weighted by molar-refractivity contribution is 9.10. The third kappa shape index (κ3) is 3.39. The fraction of sp³-hybridized carbons (Fsp3) is 0.375. The minimum absolute atomic E-state index is 0.0928. The van der Waals surface area contributed by atoms with Crippen LogP contribution >= 0.6 is 27.3 Å². The Bertz CT molecular complexity index is 682. The quantitative estimate of drug-likeness (QED) is 0.810. The van der Waals surface area contributed by atoms with Gasteiger partial charge in [0.15, 0.2) is 0 Å². The van der Waals surface area contributed by atoms with E-state index in [0.717, 1.165) is 28.7 Å². The van der Waals surface area contributed by atoms with E-state index in [2.05, 4.69) is 38.4 Å². The fourth-order valence-corrected chi connectivity index (χ4v) is 3.72. The minimum atomic E-state index is -0.0965. The average Bonchev–Trinajstić information content (AvgIpc) is 3.17. The summed E-state index contributed by atoms with van der Waals surface area (Å²) in [7, 11) is 0. The van der Waals surface area contributed by atoms with Crippen molar-refractivity contribution in [3.63, 3.8) is 0 Å². The first-order chi connectivity index (χ1) is 10.6. The van der Waals surface area contributed by atoms with Crippen LogP contribution in [0, 0.1) is 0 Å². The molecular weight excluding hydrogens is 362 g/mol. The van der Waals surface area contributed by atoms with Crippen molar-refractivity contribution in [2.45, 2.75) is 24.7 Å². The molecule has 22 heavy (non-hydrogen) atoms. The molecule has 3 rings (SSSR count). The van der Waals surface area contributed by atoms with Crippen molar-refractivity contribution < 1.29 is 4.79 Å². The van der Waals surface area contributed by atoms with Crippen LogP contribution in [0.25, 0.3) is 0 Å². The third-order valence-corrected chi connectivity index (χ3v) is 5.42. The number of hydrogen-bond acceptors (Lipinski definition) is 4. The molecule has 4 nitrogen and oxygen atoms in total. The van der Waals surface area contributed by atoms with Gasteiger partial charge in [-0.15, -0.1) is 11.3 Å². The molecule has 1 amide bonds. The van der Waals surface area contributed by atoms with E-state index in [1.165, 1.54) is 16.9 Å². The van der Waals surface area contributed by atoms with Crippen LogP contribution in [0.5, 0.6) is 0 Å². The second-order valence-electron chi connectivity index (χ2n) is 5.64. The maximum atomic E-state index is 12.2. The number of thiazole rings is 1. The number of rotatable bonds is 6. The standard InChI is InChI=1S/C16H18BrN3OS/c17-12-3-1-2-11(8-12)16(5-6-16)10-19-15(21)13-9-22-14(20-13)4-7-18/h1-3,8-9H,4-7,10,18H2,(H,19,21). The van der Waals surface area contributed by atoms with Gasteiger partial charge in [0, 0.05) is 28.2 Å². The summed E-state index contributed by atoms with van der Waals surface area (Å²) in [6, 6.07) is 8.33. The normalized spacial score (nSPS) is 15.5. The second kappa shape index (κ2) is 6.48. The van der Waals surface area contributed by atoms with E-state index in [9.17, 15) is 4.79 Å². The molecule has 0 unspecified atom stereocenters. The van der Waals surface area contributed by atoms with Crippen molar-refractivity contribution in [1.29, 1.82) is 0 Å². The maximum absolute atomic E-state index is 12.2. The Hall–Kier alpha value is -1.24. The van der Waals surface area contributed by atoms with Crippen molar-refractivity contribution in [2.75, 3.05) is 13.1 Å². The second-order valence-corrected chi connectivity index (χ2v) is 7.50. The summed E-state index contributed by atoms with van der Waals surface area (Å²) >= 11 is 5.00. The molecule has 1 aliphatic rings. The molecule has 1 saturated carbocycles. The Balaban J connectivity index is 1.63. The maximum Gasteiger partial charge on any atom is 0.270 e. The first-order valence-electron chi connectivity index (χ1n) is 7.32. The molecule has 0 saturated heterocycles. The number of carbonyl (C=O) groups is 1. The van der Waals surface area contributed by atoms with Crippen molar-refractivity contribution >= 4 is 33.2 Å². The number of nitrogens with one attached hydrogen (secondary N) is 1. The molecule has 1 aliphatic carbocycles. The van der Waals surface area contributed by atoms with Gasteiger partial charge in [0.05, 0.1) is 5.01 Å². The first kappa shape index (κ1) is 15.6. The van der Waals surface area contributed by atoms with E-state index in [1.807, 2.05) is 12.1 Å². The Morgan fingerprint density at radius 1 is 1.45 bits per heavy atom. The predicted octanol–water partition coefficient (Wildman–Crippen LogP) is 2.87. The number of carbonyl (C=O) groups excluding carboxylic acids is 1. The lowest BCUT2D eigenvalue weighted by molar-refractivity contribution is 0.0945.